The fourth-order valence-electron chi connectivity index (χ4n) is 1.34. The van der Waals surface area contributed by atoms with Crippen LogP contribution < -0.4 is 11.1 Å². The van der Waals surface area contributed by atoms with Crippen LogP contribution in [-0.2, 0) is 4.74 Å². The molecule has 0 unspecified atom stereocenters. The number of nitrogens with one attached hydrogen (secondary N) is 1. The van der Waals surface area contributed by atoms with Crippen LogP contribution in [0.4, 0.5) is 0 Å². The van der Waals surface area contributed by atoms with E-state index in [2.05, 4.69) is 24.3 Å². The Labute approximate surface area is 80.4 Å². The highest BCUT2D eigenvalue weighted by Gasteiger charge is 2.36. The van der Waals surface area contributed by atoms with Crippen molar-refractivity contribution in [2.75, 3.05) is 53.5 Å². The molecular formula is C9H21N3O. The smallest absolute Gasteiger partial charge is 0.0569 e. The van der Waals surface area contributed by atoms with Gasteiger partial charge in [0.25, 0.3) is 0 Å². The average molecular weight is 187 g/mol. The minimum Gasteiger partial charge on any atom is -0.380 e. The normalized spacial score (nSPS) is 20.3. The maximum Gasteiger partial charge on any atom is 0.0569 e. The summed E-state index contributed by atoms with van der Waals surface area (Å²) in [5.41, 5.74) is 5.91. The number of nitrogens with two attached hydrogens (primary N) is 1. The van der Waals surface area contributed by atoms with E-state index in [-0.39, 0.29) is 5.41 Å². The van der Waals surface area contributed by atoms with E-state index in [9.17, 15) is 0 Å². The molecule has 0 atom stereocenters. The number of hydrogen-bond acceptors (Lipinski definition) is 4. The number of rotatable bonds is 6. The van der Waals surface area contributed by atoms with Crippen LogP contribution in [0.15, 0.2) is 0 Å². The van der Waals surface area contributed by atoms with Crippen LogP contribution in [-0.4, -0.2) is 58.4 Å². The first-order valence-electron chi connectivity index (χ1n) is 4.82. The zero-order valence-corrected chi connectivity index (χ0v) is 8.68. The lowest BCUT2D eigenvalue weighted by molar-refractivity contribution is -0.104. The van der Waals surface area contributed by atoms with Crippen LogP contribution in [0.25, 0.3) is 0 Å². The minimum absolute atomic E-state index is 0.228. The van der Waals surface area contributed by atoms with Gasteiger partial charge in [0.05, 0.1) is 13.2 Å². The van der Waals surface area contributed by atoms with Crippen LogP contribution in [0.1, 0.15) is 0 Å². The molecule has 0 amide bonds. The summed E-state index contributed by atoms with van der Waals surface area (Å²) in [5, 5.41) is 3.41. The van der Waals surface area contributed by atoms with E-state index in [4.69, 9.17) is 10.5 Å². The SMILES string of the molecule is CN(C)CCNCC1(CN)COC1. The Bertz CT molecular complexity index is 140. The molecule has 1 heterocycles. The first kappa shape index (κ1) is 10.9. The molecule has 0 bridgehead atoms. The summed E-state index contributed by atoms with van der Waals surface area (Å²) >= 11 is 0. The fourth-order valence-corrected chi connectivity index (χ4v) is 1.34. The maximum absolute atomic E-state index is 5.68. The molecule has 0 aromatic rings. The van der Waals surface area contributed by atoms with Crippen molar-refractivity contribution in [1.82, 2.24) is 10.2 Å². The van der Waals surface area contributed by atoms with Crippen molar-refractivity contribution >= 4 is 0 Å². The van der Waals surface area contributed by atoms with Gasteiger partial charge in [0, 0.05) is 31.6 Å². The van der Waals surface area contributed by atoms with Crippen LogP contribution in [0.3, 0.4) is 0 Å². The van der Waals surface area contributed by atoms with E-state index in [0.29, 0.717) is 0 Å². The van der Waals surface area contributed by atoms with Gasteiger partial charge in [0.15, 0.2) is 0 Å². The Morgan fingerprint density at radius 2 is 2.15 bits per heavy atom. The van der Waals surface area contributed by atoms with Gasteiger partial charge in [-0.2, -0.15) is 0 Å². The monoisotopic (exact) mass is 187 g/mol. The molecular weight excluding hydrogens is 166 g/mol. The Balaban J connectivity index is 2.04. The summed E-state index contributed by atoms with van der Waals surface area (Å²) in [7, 11) is 4.15. The first-order chi connectivity index (χ1) is 6.18. The van der Waals surface area contributed by atoms with Crippen LogP contribution in [0.2, 0.25) is 0 Å². The Hall–Kier alpha value is -0.160. The van der Waals surface area contributed by atoms with Crippen molar-refractivity contribution in [3.63, 3.8) is 0 Å². The molecule has 4 nitrogen and oxygen atoms in total. The molecule has 13 heavy (non-hydrogen) atoms. The van der Waals surface area contributed by atoms with E-state index in [1.807, 2.05) is 0 Å². The topological polar surface area (TPSA) is 50.5 Å². The quantitative estimate of drug-likeness (QED) is 0.530. The standard InChI is InChI=1S/C9H21N3O/c1-12(2)4-3-11-6-9(5-10)7-13-8-9/h11H,3-8,10H2,1-2H3. The Kier molecular flexibility index (Phi) is 4.12. The first-order valence-corrected chi connectivity index (χ1v) is 4.82. The molecule has 4 heteroatoms. The summed E-state index contributed by atoms with van der Waals surface area (Å²) in [6, 6.07) is 0. The predicted molar refractivity (Wildman–Crippen MR) is 53.7 cm³/mol. The van der Waals surface area contributed by atoms with Crippen LogP contribution >= 0.6 is 0 Å². The van der Waals surface area contributed by atoms with Crippen molar-refractivity contribution in [1.29, 1.82) is 0 Å². The summed E-state index contributed by atoms with van der Waals surface area (Å²) in [6.45, 7) is 5.44. The number of nitrogens with zero attached hydrogens (tertiary/aromatic N) is 1. The predicted octanol–water partition coefficient (Wildman–Crippen LogP) is -0.887. The van der Waals surface area contributed by atoms with E-state index in [1.165, 1.54) is 0 Å². The Morgan fingerprint density at radius 3 is 2.54 bits per heavy atom. The van der Waals surface area contributed by atoms with Gasteiger partial charge in [-0.1, -0.05) is 0 Å². The zero-order valence-electron chi connectivity index (χ0n) is 8.68. The van der Waals surface area contributed by atoms with Gasteiger partial charge in [-0.05, 0) is 14.1 Å². The largest absolute Gasteiger partial charge is 0.380 e. The highest BCUT2D eigenvalue weighted by atomic mass is 16.5. The third-order valence-corrected chi connectivity index (χ3v) is 2.49. The molecule has 1 fully saturated rings. The van der Waals surface area contributed by atoms with Gasteiger partial charge in [0.1, 0.15) is 0 Å². The van der Waals surface area contributed by atoms with Gasteiger partial charge in [-0.15, -0.1) is 0 Å². The minimum atomic E-state index is 0.228. The molecule has 0 saturated carbocycles. The molecule has 1 rings (SSSR count). The molecule has 0 spiro atoms. The van der Waals surface area contributed by atoms with Gasteiger partial charge in [-0.25, -0.2) is 0 Å². The molecule has 3 N–H and O–H groups in total. The van der Waals surface area contributed by atoms with Crippen molar-refractivity contribution < 1.29 is 4.74 Å². The Morgan fingerprint density at radius 1 is 1.46 bits per heavy atom. The second-order valence-electron chi connectivity index (χ2n) is 4.18. The lowest BCUT2D eigenvalue weighted by Gasteiger charge is -2.40. The molecule has 1 aliphatic rings. The van der Waals surface area contributed by atoms with Crippen molar-refractivity contribution in [2.24, 2.45) is 11.1 Å². The number of ether oxygens (including phenoxy) is 1. The summed E-state index contributed by atoms with van der Waals surface area (Å²) in [6.07, 6.45) is 0. The molecule has 0 radical (unpaired) electrons. The van der Waals surface area contributed by atoms with Gasteiger partial charge < -0.3 is 20.7 Å². The zero-order chi connectivity index (χ0) is 9.73. The highest BCUT2D eigenvalue weighted by molar-refractivity contribution is 4.88. The summed E-state index contributed by atoms with van der Waals surface area (Å²) < 4.78 is 5.18. The number of hydrogen-bond donors (Lipinski definition) is 2. The molecule has 0 aromatic carbocycles. The molecule has 0 aromatic heterocycles. The van der Waals surface area contributed by atoms with Crippen LogP contribution in [0.5, 0.6) is 0 Å². The van der Waals surface area contributed by atoms with E-state index < -0.39 is 0 Å². The second-order valence-corrected chi connectivity index (χ2v) is 4.18. The van der Waals surface area contributed by atoms with E-state index >= 15 is 0 Å². The van der Waals surface area contributed by atoms with Crippen molar-refractivity contribution in [3.8, 4) is 0 Å². The molecule has 0 aliphatic carbocycles. The van der Waals surface area contributed by atoms with E-state index in [0.717, 1.165) is 39.4 Å². The fraction of sp³-hybridized carbons (Fsp3) is 1.00. The second kappa shape index (κ2) is 4.91. The summed E-state index contributed by atoms with van der Waals surface area (Å²) in [4.78, 5) is 2.17. The van der Waals surface area contributed by atoms with Crippen molar-refractivity contribution in [3.05, 3.63) is 0 Å². The summed E-state index contributed by atoms with van der Waals surface area (Å²) in [5.74, 6) is 0. The third kappa shape index (κ3) is 3.23. The highest BCUT2D eigenvalue weighted by Crippen LogP contribution is 2.24. The average Bonchev–Trinajstić information content (AvgIpc) is 2.01. The molecule has 1 aliphatic heterocycles. The lowest BCUT2D eigenvalue weighted by Crippen LogP contribution is -2.54. The third-order valence-electron chi connectivity index (χ3n) is 2.49. The molecule has 1 saturated heterocycles. The van der Waals surface area contributed by atoms with Gasteiger partial charge in [0.2, 0.25) is 0 Å². The number of likely N-dealkylation sites (N-methyl/N-ethyl adjacent to an activating group) is 1. The maximum atomic E-state index is 5.68. The van der Waals surface area contributed by atoms with Crippen molar-refractivity contribution in [2.45, 2.75) is 0 Å². The van der Waals surface area contributed by atoms with Crippen LogP contribution in [0, 0.1) is 5.41 Å². The lowest BCUT2D eigenvalue weighted by atomic mass is 9.86. The van der Waals surface area contributed by atoms with Gasteiger partial charge in [-0.3, -0.25) is 0 Å². The molecule has 78 valence electrons. The van der Waals surface area contributed by atoms with E-state index in [1.54, 1.807) is 0 Å². The van der Waals surface area contributed by atoms with Gasteiger partial charge >= 0.3 is 0 Å².